The van der Waals surface area contributed by atoms with Gasteiger partial charge in [0.1, 0.15) is 12.4 Å². The molecule has 5 aromatic rings. The number of aromatic nitrogens is 1. The van der Waals surface area contributed by atoms with Crippen molar-refractivity contribution in [2.75, 3.05) is 6.61 Å². The highest BCUT2D eigenvalue weighted by atomic mass is 127. The van der Waals surface area contributed by atoms with Gasteiger partial charge in [0.15, 0.2) is 4.80 Å². The average Bonchev–Trinajstić information content (AvgIpc) is 3.30. The van der Waals surface area contributed by atoms with Gasteiger partial charge < -0.3 is 9.47 Å². The van der Waals surface area contributed by atoms with Gasteiger partial charge in [0.05, 0.1) is 35.6 Å². The average molecular weight is 812 g/mol. The van der Waals surface area contributed by atoms with Gasteiger partial charge in [-0.15, -0.1) is 0 Å². The Morgan fingerprint density at radius 3 is 2.44 bits per heavy atom. The van der Waals surface area contributed by atoms with Gasteiger partial charge in [0.2, 0.25) is 0 Å². The highest BCUT2D eigenvalue weighted by Crippen LogP contribution is 2.35. The number of hydrogen-bond donors (Lipinski definition) is 0. The molecule has 2 heterocycles. The first-order valence-electron chi connectivity index (χ1n) is 13.7. The molecular formula is C34H26I2N2O4S. The van der Waals surface area contributed by atoms with E-state index in [2.05, 4.69) is 45.2 Å². The molecule has 0 unspecified atom stereocenters. The van der Waals surface area contributed by atoms with Crippen molar-refractivity contribution in [3.63, 3.8) is 0 Å². The zero-order valence-corrected chi connectivity index (χ0v) is 28.5. The second-order valence-electron chi connectivity index (χ2n) is 9.96. The number of benzene rings is 4. The van der Waals surface area contributed by atoms with Gasteiger partial charge in [-0.3, -0.25) is 9.36 Å². The first kappa shape index (κ1) is 29.8. The van der Waals surface area contributed by atoms with Crippen LogP contribution in [0.15, 0.2) is 106 Å². The highest BCUT2D eigenvalue weighted by molar-refractivity contribution is 14.1. The maximum atomic E-state index is 14.1. The smallest absolute Gasteiger partial charge is 0.338 e. The Morgan fingerprint density at radius 2 is 1.70 bits per heavy atom. The molecule has 1 aromatic heterocycles. The molecule has 216 valence electrons. The fourth-order valence-electron chi connectivity index (χ4n) is 5.26. The summed E-state index contributed by atoms with van der Waals surface area (Å²) in [6.07, 6.45) is 1.89. The lowest BCUT2D eigenvalue weighted by molar-refractivity contribution is -0.139. The van der Waals surface area contributed by atoms with Gasteiger partial charge in [0.25, 0.3) is 5.56 Å². The maximum Gasteiger partial charge on any atom is 0.338 e. The number of hydrogen-bond acceptors (Lipinski definition) is 6. The quantitative estimate of drug-likeness (QED) is 0.135. The van der Waals surface area contributed by atoms with E-state index in [1.165, 1.54) is 11.3 Å². The molecule has 0 N–H and O–H groups in total. The van der Waals surface area contributed by atoms with Crippen LogP contribution in [0.4, 0.5) is 0 Å². The minimum atomic E-state index is -0.669. The standard InChI is InChI=1S/C34H26I2N2O4S/c1-3-41-33(40)29-20(2)37-34-38(30(29)25-15-9-13-23-12-7-8-14-24(23)25)32(39)28(43-34)18-22-16-26(35)31(27(36)17-22)42-19-21-10-5-4-6-11-21/h4-18,30H,3,19H2,1-2H3/b28-18+/t30-/m1/s1. The molecule has 9 heteroatoms. The summed E-state index contributed by atoms with van der Waals surface area (Å²) in [5.74, 6) is 0.348. The largest absolute Gasteiger partial charge is 0.487 e. The molecule has 1 aliphatic heterocycles. The van der Waals surface area contributed by atoms with Crippen molar-refractivity contribution in [3.8, 4) is 5.75 Å². The predicted molar refractivity (Wildman–Crippen MR) is 187 cm³/mol. The Hall–Kier alpha value is -3.29. The Labute approximate surface area is 279 Å². The molecule has 0 spiro atoms. The van der Waals surface area contributed by atoms with E-state index in [0.29, 0.717) is 27.2 Å². The molecule has 0 fully saturated rings. The number of carbonyl (C=O) groups is 1. The lowest BCUT2D eigenvalue weighted by Crippen LogP contribution is -2.40. The van der Waals surface area contributed by atoms with Crippen LogP contribution in [-0.2, 0) is 16.1 Å². The van der Waals surface area contributed by atoms with E-state index in [4.69, 9.17) is 14.5 Å². The van der Waals surface area contributed by atoms with Gasteiger partial charge in [0, 0.05) is 0 Å². The first-order valence-corrected chi connectivity index (χ1v) is 16.7. The van der Waals surface area contributed by atoms with Crippen molar-refractivity contribution in [3.05, 3.63) is 140 Å². The number of thiazole rings is 1. The van der Waals surface area contributed by atoms with E-state index in [1.807, 2.05) is 91.0 Å². The third kappa shape index (κ3) is 5.94. The number of ether oxygens (including phenoxy) is 2. The Bertz CT molecular complexity index is 2060. The third-order valence-corrected chi connectivity index (χ3v) is 9.76. The number of esters is 1. The van der Waals surface area contributed by atoms with Crippen molar-refractivity contribution in [1.29, 1.82) is 0 Å². The zero-order valence-electron chi connectivity index (χ0n) is 23.3. The van der Waals surface area contributed by atoms with Crippen molar-refractivity contribution >= 4 is 79.3 Å². The summed E-state index contributed by atoms with van der Waals surface area (Å²) in [6.45, 7) is 4.28. The number of rotatable bonds is 7. The monoisotopic (exact) mass is 812 g/mol. The van der Waals surface area contributed by atoms with E-state index >= 15 is 0 Å². The summed E-state index contributed by atoms with van der Waals surface area (Å²) in [5, 5.41) is 2.00. The lowest BCUT2D eigenvalue weighted by Gasteiger charge is -2.25. The van der Waals surface area contributed by atoms with E-state index in [1.54, 1.807) is 18.4 Å². The number of fused-ring (bicyclic) bond motifs is 2. The minimum absolute atomic E-state index is 0.203. The van der Waals surface area contributed by atoms with Crippen molar-refractivity contribution in [2.45, 2.75) is 26.5 Å². The van der Waals surface area contributed by atoms with Crippen LogP contribution in [0.2, 0.25) is 0 Å². The fraction of sp³-hybridized carbons (Fsp3) is 0.147. The van der Waals surface area contributed by atoms with Gasteiger partial charge in [-0.25, -0.2) is 9.79 Å². The molecular weight excluding hydrogens is 786 g/mol. The summed E-state index contributed by atoms with van der Waals surface area (Å²) >= 11 is 5.87. The van der Waals surface area contributed by atoms with Crippen LogP contribution in [0.1, 0.15) is 36.6 Å². The van der Waals surface area contributed by atoms with Gasteiger partial charge in [-0.05, 0) is 105 Å². The van der Waals surface area contributed by atoms with Crippen LogP contribution in [0.25, 0.3) is 16.8 Å². The summed E-state index contributed by atoms with van der Waals surface area (Å²) in [6, 6.07) is 27.3. The number of allylic oxidation sites excluding steroid dienone is 1. The van der Waals surface area contributed by atoms with Crippen LogP contribution in [0.3, 0.4) is 0 Å². The molecule has 0 saturated heterocycles. The molecule has 6 nitrogen and oxygen atoms in total. The molecule has 1 atom stereocenters. The summed E-state index contributed by atoms with van der Waals surface area (Å²) < 4.78 is 15.7. The molecule has 0 bridgehead atoms. The molecule has 6 rings (SSSR count). The molecule has 1 aliphatic rings. The highest BCUT2D eigenvalue weighted by Gasteiger charge is 2.34. The second-order valence-corrected chi connectivity index (χ2v) is 13.3. The van der Waals surface area contributed by atoms with E-state index < -0.39 is 12.0 Å². The first-order chi connectivity index (χ1) is 20.9. The van der Waals surface area contributed by atoms with Crippen molar-refractivity contribution in [2.24, 2.45) is 4.99 Å². The number of nitrogens with zero attached hydrogens (tertiary/aromatic N) is 2. The minimum Gasteiger partial charge on any atom is -0.487 e. The maximum absolute atomic E-state index is 14.1. The van der Waals surface area contributed by atoms with Crippen molar-refractivity contribution < 1.29 is 14.3 Å². The third-order valence-electron chi connectivity index (χ3n) is 7.18. The summed E-state index contributed by atoms with van der Waals surface area (Å²) in [7, 11) is 0. The molecule has 43 heavy (non-hydrogen) atoms. The van der Waals surface area contributed by atoms with E-state index in [0.717, 1.165) is 40.4 Å². The molecule has 0 amide bonds. The van der Waals surface area contributed by atoms with Crippen LogP contribution in [-0.4, -0.2) is 17.1 Å². The molecule has 0 aliphatic carbocycles. The summed E-state index contributed by atoms with van der Waals surface area (Å²) in [5.41, 5.74) is 3.55. The van der Waals surface area contributed by atoms with E-state index in [9.17, 15) is 9.59 Å². The molecule has 0 saturated carbocycles. The predicted octanol–water partition coefficient (Wildman–Crippen LogP) is 6.74. The van der Waals surface area contributed by atoms with E-state index in [-0.39, 0.29) is 12.2 Å². The van der Waals surface area contributed by atoms with Gasteiger partial charge in [-0.1, -0.05) is 84.1 Å². The fourth-order valence-corrected chi connectivity index (χ4v) is 8.43. The Kier molecular flexibility index (Phi) is 8.83. The number of halogens is 2. The lowest BCUT2D eigenvalue weighted by atomic mass is 9.91. The SMILES string of the molecule is CCOC(=O)C1=C(C)N=c2s/c(=C/c3cc(I)c(OCc4ccccc4)c(I)c3)c(=O)n2[C@@H]1c1cccc2ccccc12. The number of carbonyl (C=O) groups excluding carboxylic acids is 1. The van der Waals surface area contributed by atoms with Crippen LogP contribution < -0.4 is 19.6 Å². The van der Waals surface area contributed by atoms with Gasteiger partial charge in [-0.2, -0.15) is 0 Å². The Morgan fingerprint density at radius 1 is 1.00 bits per heavy atom. The van der Waals surface area contributed by atoms with Gasteiger partial charge >= 0.3 is 5.97 Å². The van der Waals surface area contributed by atoms with Crippen molar-refractivity contribution in [1.82, 2.24) is 4.57 Å². The second kappa shape index (κ2) is 12.7. The van der Waals surface area contributed by atoms with Crippen LogP contribution >= 0.6 is 56.5 Å². The van der Waals surface area contributed by atoms with Crippen LogP contribution in [0.5, 0.6) is 5.75 Å². The van der Waals surface area contributed by atoms with Crippen LogP contribution in [0, 0.1) is 7.14 Å². The normalized spacial score (nSPS) is 14.9. The molecule has 4 aromatic carbocycles. The topological polar surface area (TPSA) is 69.9 Å². The zero-order chi connectivity index (χ0) is 30.1. The Balaban J connectivity index is 1.46. The molecule has 0 radical (unpaired) electrons. The summed E-state index contributed by atoms with van der Waals surface area (Å²) in [4.78, 5) is 32.7.